The van der Waals surface area contributed by atoms with Crippen LogP contribution in [0.25, 0.3) is 0 Å². The van der Waals surface area contributed by atoms with Crippen molar-refractivity contribution in [1.82, 2.24) is 10.2 Å². The van der Waals surface area contributed by atoms with Crippen LogP contribution in [-0.4, -0.2) is 38.1 Å². The summed E-state index contributed by atoms with van der Waals surface area (Å²) in [6.45, 7) is 11.9. The van der Waals surface area contributed by atoms with Gasteiger partial charge in [0, 0.05) is 13.1 Å². The molecule has 1 N–H and O–H groups in total. The molecule has 78 valence electrons. The molecule has 1 fully saturated rings. The summed E-state index contributed by atoms with van der Waals surface area (Å²) in [5.74, 6) is 2.57. The lowest BCUT2D eigenvalue weighted by molar-refractivity contribution is 0.177. The number of nitrogens with zero attached hydrogens (tertiary/aromatic N) is 1. The third kappa shape index (κ3) is 3.65. The van der Waals surface area contributed by atoms with Gasteiger partial charge >= 0.3 is 0 Å². The minimum atomic E-state index is 0.789. The van der Waals surface area contributed by atoms with E-state index < -0.39 is 0 Å². The van der Waals surface area contributed by atoms with Crippen molar-refractivity contribution < 1.29 is 0 Å². The molecule has 0 bridgehead atoms. The lowest BCUT2D eigenvalue weighted by Crippen LogP contribution is -2.48. The molecule has 1 rings (SSSR count). The van der Waals surface area contributed by atoms with E-state index in [4.69, 9.17) is 0 Å². The van der Waals surface area contributed by atoms with Gasteiger partial charge in [-0.25, -0.2) is 0 Å². The Labute approximate surface area is 82.7 Å². The van der Waals surface area contributed by atoms with Gasteiger partial charge in [0.05, 0.1) is 0 Å². The van der Waals surface area contributed by atoms with Crippen LogP contribution in [0, 0.1) is 17.8 Å². The molecule has 2 heteroatoms. The molecule has 0 aromatic carbocycles. The summed E-state index contributed by atoms with van der Waals surface area (Å²) in [6, 6.07) is 0. The zero-order chi connectivity index (χ0) is 9.84. The number of hydrogen-bond donors (Lipinski definition) is 1. The fourth-order valence-electron chi connectivity index (χ4n) is 2.05. The fourth-order valence-corrected chi connectivity index (χ4v) is 2.05. The number of rotatable bonds is 5. The Morgan fingerprint density at radius 2 is 1.85 bits per heavy atom. The maximum Gasteiger partial charge on any atom is 0.000768 e. The lowest BCUT2D eigenvalue weighted by atomic mass is 9.88. The van der Waals surface area contributed by atoms with Crippen molar-refractivity contribution in [3.8, 4) is 0 Å². The van der Waals surface area contributed by atoms with Crippen molar-refractivity contribution in [3.63, 3.8) is 0 Å². The van der Waals surface area contributed by atoms with Crippen molar-refractivity contribution in [2.45, 2.75) is 20.8 Å². The van der Waals surface area contributed by atoms with Gasteiger partial charge in [0.1, 0.15) is 0 Å². The predicted octanol–water partition coefficient (Wildman–Crippen LogP) is 1.43. The van der Waals surface area contributed by atoms with Gasteiger partial charge in [-0.2, -0.15) is 0 Å². The third-order valence-corrected chi connectivity index (χ3v) is 2.89. The zero-order valence-corrected chi connectivity index (χ0v) is 9.51. The molecule has 0 aromatic heterocycles. The molecular weight excluding hydrogens is 160 g/mol. The zero-order valence-electron chi connectivity index (χ0n) is 9.51. The van der Waals surface area contributed by atoms with E-state index in [0.717, 1.165) is 17.8 Å². The number of hydrogen-bond acceptors (Lipinski definition) is 2. The van der Waals surface area contributed by atoms with Gasteiger partial charge in [-0.15, -0.1) is 0 Å². The summed E-state index contributed by atoms with van der Waals surface area (Å²) in [5.41, 5.74) is 0. The van der Waals surface area contributed by atoms with Gasteiger partial charge in [-0.1, -0.05) is 20.8 Å². The summed E-state index contributed by atoms with van der Waals surface area (Å²) in [7, 11) is 2.24. The van der Waals surface area contributed by atoms with Crippen molar-refractivity contribution >= 4 is 0 Å². The van der Waals surface area contributed by atoms with Gasteiger partial charge in [0.15, 0.2) is 0 Å². The Hall–Kier alpha value is -0.0800. The Morgan fingerprint density at radius 3 is 2.23 bits per heavy atom. The first-order valence-corrected chi connectivity index (χ1v) is 5.49. The molecule has 1 unspecified atom stereocenters. The quantitative estimate of drug-likeness (QED) is 0.695. The van der Waals surface area contributed by atoms with Crippen LogP contribution in [0.15, 0.2) is 0 Å². The standard InChI is InChI=1S/C11H24N2/c1-9(2)7-13(4)8-10(3)11-5-12-6-11/h9-12H,5-8H2,1-4H3. The van der Waals surface area contributed by atoms with Crippen molar-refractivity contribution in [1.29, 1.82) is 0 Å². The number of nitrogens with one attached hydrogen (secondary N) is 1. The second kappa shape index (κ2) is 4.97. The Kier molecular flexibility index (Phi) is 4.20. The SMILES string of the molecule is CC(C)CN(C)CC(C)C1CNC1. The van der Waals surface area contributed by atoms with Gasteiger partial charge < -0.3 is 10.2 Å². The molecule has 0 amide bonds. The molecule has 0 saturated carbocycles. The first-order valence-electron chi connectivity index (χ1n) is 5.49. The summed E-state index contributed by atoms with van der Waals surface area (Å²) in [6.07, 6.45) is 0. The minimum Gasteiger partial charge on any atom is -0.316 e. The van der Waals surface area contributed by atoms with Crippen LogP contribution in [-0.2, 0) is 0 Å². The topological polar surface area (TPSA) is 15.3 Å². The predicted molar refractivity (Wildman–Crippen MR) is 57.9 cm³/mol. The molecule has 0 radical (unpaired) electrons. The van der Waals surface area contributed by atoms with E-state index in [-0.39, 0.29) is 0 Å². The average molecular weight is 184 g/mol. The Morgan fingerprint density at radius 1 is 1.23 bits per heavy atom. The Bertz CT molecular complexity index is 141. The van der Waals surface area contributed by atoms with E-state index >= 15 is 0 Å². The van der Waals surface area contributed by atoms with E-state index in [1.54, 1.807) is 0 Å². The summed E-state index contributed by atoms with van der Waals surface area (Å²) in [5, 5.41) is 3.34. The molecule has 0 aromatic rings. The van der Waals surface area contributed by atoms with Gasteiger partial charge in [-0.3, -0.25) is 0 Å². The van der Waals surface area contributed by atoms with Gasteiger partial charge in [-0.05, 0) is 37.9 Å². The molecule has 1 saturated heterocycles. The first-order chi connectivity index (χ1) is 6.09. The maximum atomic E-state index is 3.34. The van der Waals surface area contributed by atoms with Crippen LogP contribution in [0.4, 0.5) is 0 Å². The van der Waals surface area contributed by atoms with Crippen LogP contribution in [0.5, 0.6) is 0 Å². The van der Waals surface area contributed by atoms with Crippen molar-refractivity contribution in [3.05, 3.63) is 0 Å². The van der Waals surface area contributed by atoms with Crippen LogP contribution in [0.2, 0.25) is 0 Å². The second-order valence-corrected chi connectivity index (χ2v) is 5.01. The van der Waals surface area contributed by atoms with Crippen LogP contribution in [0.1, 0.15) is 20.8 Å². The molecule has 1 aliphatic heterocycles. The summed E-state index contributed by atoms with van der Waals surface area (Å²) >= 11 is 0. The summed E-state index contributed by atoms with van der Waals surface area (Å²) in [4.78, 5) is 2.47. The molecule has 1 heterocycles. The summed E-state index contributed by atoms with van der Waals surface area (Å²) < 4.78 is 0. The molecule has 1 atom stereocenters. The molecule has 0 aliphatic carbocycles. The molecule has 13 heavy (non-hydrogen) atoms. The van der Waals surface area contributed by atoms with E-state index in [1.807, 2.05) is 0 Å². The fraction of sp³-hybridized carbons (Fsp3) is 1.00. The maximum absolute atomic E-state index is 3.34. The molecule has 0 spiro atoms. The highest BCUT2D eigenvalue weighted by Crippen LogP contribution is 2.16. The smallest absolute Gasteiger partial charge is 0.000768 e. The van der Waals surface area contributed by atoms with Crippen LogP contribution in [0.3, 0.4) is 0 Å². The van der Waals surface area contributed by atoms with E-state index in [9.17, 15) is 0 Å². The first kappa shape index (κ1) is 11.0. The minimum absolute atomic E-state index is 0.789. The third-order valence-electron chi connectivity index (χ3n) is 2.89. The highest BCUT2D eigenvalue weighted by Gasteiger charge is 2.24. The highest BCUT2D eigenvalue weighted by molar-refractivity contribution is 4.80. The monoisotopic (exact) mass is 184 g/mol. The van der Waals surface area contributed by atoms with Gasteiger partial charge in [0.2, 0.25) is 0 Å². The molecular formula is C11H24N2. The largest absolute Gasteiger partial charge is 0.316 e. The normalized spacial score (nSPS) is 20.8. The van der Waals surface area contributed by atoms with Crippen LogP contribution < -0.4 is 5.32 Å². The molecule has 2 nitrogen and oxygen atoms in total. The van der Waals surface area contributed by atoms with E-state index in [1.165, 1.54) is 26.2 Å². The lowest BCUT2D eigenvalue weighted by Gasteiger charge is -2.35. The molecule has 1 aliphatic rings. The average Bonchev–Trinajstić information content (AvgIpc) is 1.78. The van der Waals surface area contributed by atoms with Gasteiger partial charge in [0.25, 0.3) is 0 Å². The van der Waals surface area contributed by atoms with E-state index in [0.29, 0.717) is 0 Å². The van der Waals surface area contributed by atoms with Crippen molar-refractivity contribution in [2.75, 3.05) is 33.2 Å². The second-order valence-electron chi connectivity index (χ2n) is 5.01. The van der Waals surface area contributed by atoms with Crippen LogP contribution >= 0.6 is 0 Å². The van der Waals surface area contributed by atoms with Crippen molar-refractivity contribution in [2.24, 2.45) is 17.8 Å². The highest BCUT2D eigenvalue weighted by atomic mass is 15.1. The Balaban J connectivity index is 2.14. The van der Waals surface area contributed by atoms with E-state index in [2.05, 4.69) is 38.0 Å².